The lowest BCUT2D eigenvalue weighted by atomic mass is 10.1. The van der Waals surface area contributed by atoms with E-state index in [0.29, 0.717) is 11.8 Å². The molecule has 1 aliphatic rings. The van der Waals surface area contributed by atoms with Gasteiger partial charge in [-0.3, -0.25) is 0 Å². The highest BCUT2D eigenvalue weighted by Crippen LogP contribution is 2.34. The normalized spacial score (nSPS) is 16.1. The largest absolute Gasteiger partial charge is 0.497 e. The summed E-state index contributed by atoms with van der Waals surface area (Å²) in [4.78, 5) is 4.61. The van der Waals surface area contributed by atoms with Crippen molar-refractivity contribution in [2.75, 3.05) is 7.11 Å². The van der Waals surface area contributed by atoms with E-state index >= 15 is 0 Å². The molecule has 3 heteroatoms. The summed E-state index contributed by atoms with van der Waals surface area (Å²) in [5.74, 6) is 2.15. The van der Waals surface area contributed by atoms with Crippen LogP contribution < -0.4 is 4.74 Å². The van der Waals surface area contributed by atoms with Crippen molar-refractivity contribution in [3.8, 4) is 17.2 Å². The molecule has 0 radical (unpaired) electrons. The molecule has 1 aliphatic carbocycles. The van der Waals surface area contributed by atoms with E-state index in [-0.39, 0.29) is 0 Å². The van der Waals surface area contributed by atoms with E-state index < -0.39 is 0 Å². The van der Waals surface area contributed by atoms with Gasteiger partial charge in [0.2, 0.25) is 5.89 Å². The number of rotatable bonds is 3. The molecule has 1 fully saturated rings. The smallest absolute Gasteiger partial charge is 0.226 e. The van der Waals surface area contributed by atoms with Gasteiger partial charge in [-0.15, -0.1) is 0 Å². The minimum atomic E-state index is 0.598. The third-order valence-electron chi connectivity index (χ3n) is 3.63. The molecule has 3 nitrogen and oxygen atoms in total. The van der Waals surface area contributed by atoms with Gasteiger partial charge in [0.05, 0.1) is 12.8 Å². The van der Waals surface area contributed by atoms with Gasteiger partial charge < -0.3 is 9.15 Å². The molecule has 1 aromatic carbocycles. The molecule has 2 aromatic rings. The number of oxazole rings is 1. The maximum absolute atomic E-state index is 5.58. The van der Waals surface area contributed by atoms with Crippen LogP contribution in [0.2, 0.25) is 0 Å². The Hall–Kier alpha value is -1.77. The van der Waals surface area contributed by atoms with Crippen LogP contribution >= 0.6 is 0 Å². The average Bonchev–Trinajstić information content (AvgIpc) is 3.09. The van der Waals surface area contributed by atoms with Crippen molar-refractivity contribution in [3.63, 3.8) is 0 Å². The zero-order chi connectivity index (χ0) is 12.4. The highest BCUT2D eigenvalue weighted by atomic mass is 16.5. The number of hydrogen-bond acceptors (Lipinski definition) is 3. The van der Waals surface area contributed by atoms with Crippen LogP contribution in [0.4, 0.5) is 0 Å². The van der Waals surface area contributed by atoms with Crippen molar-refractivity contribution in [1.82, 2.24) is 4.98 Å². The predicted octanol–water partition coefficient (Wildman–Crippen LogP) is 4.01. The molecule has 18 heavy (non-hydrogen) atoms. The summed E-state index contributed by atoms with van der Waals surface area (Å²) in [6.45, 7) is 0. The predicted molar refractivity (Wildman–Crippen MR) is 69.7 cm³/mol. The van der Waals surface area contributed by atoms with Crippen molar-refractivity contribution >= 4 is 0 Å². The topological polar surface area (TPSA) is 35.3 Å². The summed E-state index contributed by atoms with van der Waals surface area (Å²) >= 11 is 0. The third kappa shape index (κ3) is 2.13. The Morgan fingerprint density at radius 2 is 1.89 bits per heavy atom. The van der Waals surface area contributed by atoms with Crippen LogP contribution in [-0.2, 0) is 0 Å². The second kappa shape index (κ2) is 4.84. The highest BCUT2D eigenvalue weighted by Gasteiger charge is 2.20. The van der Waals surface area contributed by atoms with Crippen molar-refractivity contribution in [2.45, 2.75) is 31.6 Å². The van der Waals surface area contributed by atoms with E-state index in [1.807, 2.05) is 30.5 Å². The Morgan fingerprint density at radius 3 is 2.56 bits per heavy atom. The van der Waals surface area contributed by atoms with Gasteiger partial charge in [0.25, 0.3) is 0 Å². The van der Waals surface area contributed by atoms with E-state index in [9.17, 15) is 0 Å². The van der Waals surface area contributed by atoms with Crippen LogP contribution in [0.3, 0.4) is 0 Å². The van der Waals surface area contributed by atoms with E-state index in [1.54, 1.807) is 7.11 Å². The number of methoxy groups -OCH3 is 1. The zero-order valence-electron chi connectivity index (χ0n) is 10.6. The monoisotopic (exact) mass is 243 g/mol. The van der Waals surface area contributed by atoms with Gasteiger partial charge in [0, 0.05) is 11.5 Å². The number of benzene rings is 1. The second-order valence-corrected chi connectivity index (χ2v) is 4.79. The first-order chi connectivity index (χ1) is 8.86. The average molecular weight is 243 g/mol. The summed E-state index contributed by atoms with van der Waals surface area (Å²) in [6.07, 6.45) is 6.93. The molecule has 1 aromatic heterocycles. The van der Waals surface area contributed by atoms with Gasteiger partial charge in [0.15, 0.2) is 0 Å². The van der Waals surface area contributed by atoms with Gasteiger partial charge in [-0.1, -0.05) is 12.8 Å². The molecular formula is C15H17NO2. The molecule has 3 rings (SSSR count). The van der Waals surface area contributed by atoms with Gasteiger partial charge in [-0.2, -0.15) is 0 Å². The maximum Gasteiger partial charge on any atom is 0.226 e. The van der Waals surface area contributed by atoms with Crippen LogP contribution in [0.25, 0.3) is 11.5 Å². The summed E-state index contributed by atoms with van der Waals surface area (Å²) in [7, 11) is 1.67. The van der Waals surface area contributed by atoms with Gasteiger partial charge in [-0.05, 0) is 37.1 Å². The first-order valence-electron chi connectivity index (χ1n) is 6.46. The van der Waals surface area contributed by atoms with Crippen molar-refractivity contribution in [1.29, 1.82) is 0 Å². The van der Waals surface area contributed by atoms with Crippen molar-refractivity contribution in [3.05, 3.63) is 36.2 Å². The maximum atomic E-state index is 5.58. The van der Waals surface area contributed by atoms with Crippen LogP contribution in [0.15, 0.2) is 34.9 Å². The Labute approximate surface area is 107 Å². The molecule has 0 spiro atoms. The van der Waals surface area contributed by atoms with Crippen molar-refractivity contribution in [2.24, 2.45) is 0 Å². The fraction of sp³-hybridized carbons (Fsp3) is 0.400. The fourth-order valence-corrected chi connectivity index (χ4v) is 2.56. The van der Waals surface area contributed by atoms with Crippen LogP contribution in [-0.4, -0.2) is 12.1 Å². The highest BCUT2D eigenvalue weighted by molar-refractivity contribution is 5.54. The number of nitrogens with zero attached hydrogens (tertiary/aromatic N) is 1. The van der Waals surface area contributed by atoms with Gasteiger partial charge >= 0.3 is 0 Å². The fourth-order valence-electron chi connectivity index (χ4n) is 2.56. The first kappa shape index (κ1) is 11.3. The lowest BCUT2D eigenvalue weighted by molar-refractivity contribution is 0.415. The number of ether oxygens (including phenoxy) is 1. The molecule has 0 amide bonds. The second-order valence-electron chi connectivity index (χ2n) is 4.79. The molecule has 0 saturated heterocycles. The molecule has 0 unspecified atom stereocenters. The summed E-state index contributed by atoms with van der Waals surface area (Å²) < 4.78 is 10.7. The lowest BCUT2D eigenvalue weighted by Crippen LogP contribution is -1.92. The van der Waals surface area contributed by atoms with E-state index in [0.717, 1.165) is 17.0 Å². The molecule has 1 saturated carbocycles. The van der Waals surface area contributed by atoms with E-state index in [1.165, 1.54) is 25.7 Å². The van der Waals surface area contributed by atoms with Crippen molar-refractivity contribution < 1.29 is 9.15 Å². The molecule has 1 heterocycles. The first-order valence-corrected chi connectivity index (χ1v) is 6.46. The van der Waals surface area contributed by atoms with Crippen LogP contribution in [0.1, 0.15) is 37.3 Å². The van der Waals surface area contributed by atoms with Crippen LogP contribution in [0.5, 0.6) is 5.75 Å². The quantitative estimate of drug-likeness (QED) is 0.817. The van der Waals surface area contributed by atoms with E-state index in [2.05, 4.69) is 4.98 Å². The molecule has 0 bridgehead atoms. The van der Waals surface area contributed by atoms with Crippen LogP contribution in [0, 0.1) is 0 Å². The number of hydrogen-bond donors (Lipinski definition) is 0. The van der Waals surface area contributed by atoms with E-state index in [4.69, 9.17) is 9.15 Å². The Bertz CT molecular complexity index is 510. The summed E-state index contributed by atoms with van der Waals surface area (Å²) in [5, 5.41) is 0. The summed E-state index contributed by atoms with van der Waals surface area (Å²) in [6, 6.07) is 7.80. The molecule has 0 aliphatic heterocycles. The Balaban J connectivity index is 1.82. The molecule has 94 valence electrons. The number of aromatic nitrogens is 1. The van der Waals surface area contributed by atoms with Gasteiger partial charge in [0.1, 0.15) is 12.0 Å². The Morgan fingerprint density at radius 1 is 1.17 bits per heavy atom. The molecule has 0 atom stereocenters. The zero-order valence-corrected chi connectivity index (χ0v) is 10.6. The minimum absolute atomic E-state index is 0.598. The molecule has 0 N–H and O–H groups in total. The minimum Gasteiger partial charge on any atom is -0.497 e. The SMILES string of the molecule is COc1ccc(-c2nc(C3CCCC3)co2)cc1. The Kier molecular flexibility index (Phi) is 3.05. The lowest BCUT2D eigenvalue weighted by Gasteiger charge is -2.02. The molecular weight excluding hydrogens is 226 g/mol. The van der Waals surface area contributed by atoms with Gasteiger partial charge in [-0.25, -0.2) is 4.98 Å². The third-order valence-corrected chi connectivity index (χ3v) is 3.63. The summed E-state index contributed by atoms with van der Waals surface area (Å²) in [5.41, 5.74) is 2.11. The standard InChI is InChI=1S/C15H17NO2/c1-17-13-8-6-12(7-9-13)15-16-14(10-18-15)11-4-2-3-5-11/h6-11H,2-5H2,1H3.